The molecule has 10 heteroatoms. The smallest absolute Gasteiger partial charge is 0.315 e. The highest BCUT2D eigenvalue weighted by Crippen LogP contribution is 2.28. The van der Waals surface area contributed by atoms with Gasteiger partial charge < -0.3 is 21.3 Å². The highest BCUT2D eigenvalue weighted by atomic mass is 35.5. The Bertz CT molecular complexity index is 655. The number of nitrogens with zero attached hydrogens (tertiary/aromatic N) is 2. The SMILES string of the molecule is CC1(CN)CCN(C(=O)CNC(=O)NCc2ccc([N+](=O)[O-])cc2)C1.Cl. The first-order valence-corrected chi connectivity index (χ1v) is 8.06. The van der Waals surface area contributed by atoms with Gasteiger partial charge in [-0.3, -0.25) is 14.9 Å². The van der Waals surface area contributed by atoms with E-state index in [2.05, 4.69) is 10.6 Å². The summed E-state index contributed by atoms with van der Waals surface area (Å²) in [5, 5.41) is 15.7. The Morgan fingerprint density at radius 3 is 2.50 bits per heavy atom. The molecule has 1 aliphatic heterocycles. The number of hydrogen-bond donors (Lipinski definition) is 3. The summed E-state index contributed by atoms with van der Waals surface area (Å²) in [5.41, 5.74) is 6.39. The predicted molar refractivity (Wildman–Crippen MR) is 98.9 cm³/mol. The maximum absolute atomic E-state index is 12.1. The summed E-state index contributed by atoms with van der Waals surface area (Å²) >= 11 is 0. The summed E-state index contributed by atoms with van der Waals surface area (Å²) in [6, 6.07) is 5.43. The second-order valence-corrected chi connectivity index (χ2v) is 6.54. The number of amides is 3. The molecular formula is C16H24ClN5O4. The van der Waals surface area contributed by atoms with Crippen molar-refractivity contribution in [2.24, 2.45) is 11.1 Å². The standard InChI is InChI=1S/C16H23N5O4.ClH/c1-16(10-17)6-7-20(11-16)14(22)9-19-15(23)18-8-12-2-4-13(5-3-12)21(24)25;/h2-5H,6-11,17H2,1H3,(H2,18,19,23);1H. The summed E-state index contributed by atoms with van der Waals surface area (Å²) < 4.78 is 0. The largest absolute Gasteiger partial charge is 0.341 e. The van der Waals surface area contributed by atoms with Gasteiger partial charge in [-0.1, -0.05) is 19.1 Å². The van der Waals surface area contributed by atoms with E-state index in [1.165, 1.54) is 12.1 Å². The first-order valence-electron chi connectivity index (χ1n) is 8.06. The van der Waals surface area contributed by atoms with Crippen molar-refractivity contribution >= 4 is 30.0 Å². The molecule has 0 aliphatic carbocycles. The van der Waals surface area contributed by atoms with Gasteiger partial charge in [0.1, 0.15) is 0 Å². The van der Waals surface area contributed by atoms with Crippen molar-refractivity contribution in [2.45, 2.75) is 19.9 Å². The molecular weight excluding hydrogens is 362 g/mol. The van der Waals surface area contributed by atoms with Crippen molar-refractivity contribution in [1.29, 1.82) is 0 Å². The van der Waals surface area contributed by atoms with Crippen LogP contribution in [0.2, 0.25) is 0 Å². The topological polar surface area (TPSA) is 131 Å². The zero-order chi connectivity index (χ0) is 18.4. The van der Waals surface area contributed by atoms with Crippen molar-refractivity contribution < 1.29 is 14.5 Å². The number of nitro benzene ring substituents is 1. The number of carbonyl (C=O) groups excluding carboxylic acids is 2. The Balaban J connectivity index is 0.00000338. The van der Waals surface area contributed by atoms with Crippen LogP contribution in [0.1, 0.15) is 18.9 Å². The van der Waals surface area contributed by atoms with Crippen LogP contribution in [-0.4, -0.2) is 47.9 Å². The number of halogens is 1. The predicted octanol–water partition coefficient (Wildman–Crippen LogP) is 1.01. The van der Waals surface area contributed by atoms with Crippen LogP contribution >= 0.6 is 12.4 Å². The molecule has 9 nitrogen and oxygen atoms in total. The molecule has 1 fully saturated rings. The van der Waals surface area contributed by atoms with E-state index in [1.54, 1.807) is 17.0 Å². The number of benzene rings is 1. The molecule has 0 spiro atoms. The van der Waals surface area contributed by atoms with Gasteiger partial charge >= 0.3 is 6.03 Å². The molecule has 1 heterocycles. The van der Waals surface area contributed by atoms with Gasteiger partial charge in [-0.2, -0.15) is 0 Å². The average molecular weight is 386 g/mol. The molecule has 0 bridgehead atoms. The van der Waals surface area contributed by atoms with E-state index in [-0.39, 0.29) is 42.5 Å². The Hall–Kier alpha value is -2.39. The van der Waals surface area contributed by atoms with Crippen LogP contribution in [0.4, 0.5) is 10.5 Å². The van der Waals surface area contributed by atoms with Crippen molar-refractivity contribution in [3.63, 3.8) is 0 Å². The number of non-ortho nitro benzene ring substituents is 1. The fourth-order valence-electron chi connectivity index (χ4n) is 2.65. The van der Waals surface area contributed by atoms with Gasteiger partial charge in [0.2, 0.25) is 5.91 Å². The second kappa shape index (κ2) is 9.35. The van der Waals surface area contributed by atoms with Crippen LogP contribution in [-0.2, 0) is 11.3 Å². The van der Waals surface area contributed by atoms with Crippen LogP contribution in [0.5, 0.6) is 0 Å². The van der Waals surface area contributed by atoms with Crippen molar-refractivity contribution in [3.8, 4) is 0 Å². The molecule has 0 aromatic heterocycles. The number of nitrogens with one attached hydrogen (secondary N) is 2. The van der Waals surface area contributed by atoms with Gasteiger partial charge in [-0.05, 0) is 23.9 Å². The van der Waals surface area contributed by atoms with Crippen molar-refractivity contribution in [3.05, 3.63) is 39.9 Å². The lowest BCUT2D eigenvalue weighted by molar-refractivity contribution is -0.384. The normalized spacial score (nSPS) is 18.8. The van der Waals surface area contributed by atoms with E-state index in [0.717, 1.165) is 12.0 Å². The number of carbonyl (C=O) groups is 2. The Morgan fingerprint density at radius 2 is 1.96 bits per heavy atom. The Morgan fingerprint density at radius 1 is 1.31 bits per heavy atom. The van der Waals surface area contributed by atoms with Crippen LogP contribution in [0, 0.1) is 15.5 Å². The molecule has 2 rings (SSSR count). The molecule has 3 amide bonds. The van der Waals surface area contributed by atoms with Gasteiger partial charge in [0.25, 0.3) is 5.69 Å². The Kier molecular flexibility index (Phi) is 7.78. The minimum atomic E-state index is -0.483. The fourth-order valence-corrected chi connectivity index (χ4v) is 2.65. The molecule has 1 atom stereocenters. The maximum atomic E-state index is 12.1. The third kappa shape index (κ3) is 5.85. The van der Waals surface area contributed by atoms with E-state index < -0.39 is 11.0 Å². The van der Waals surface area contributed by atoms with E-state index in [1.807, 2.05) is 6.92 Å². The minimum absolute atomic E-state index is 0. The number of rotatable bonds is 6. The molecule has 1 aliphatic rings. The molecule has 1 aromatic rings. The zero-order valence-electron chi connectivity index (χ0n) is 14.6. The van der Waals surface area contributed by atoms with Crippen LogP contribution in [0.25, 0.3) is 0 Å². The highest BCUT2D eigenvalue weighted by Gasteiger charge is 2.34. The zero-order valence-corrected chi connectivity index (χ0v) is 15.4. The van der Waals surface area contributed by atoms with E-state index in [4.69, 9.17) is 5.73 Å². The number of likely N-dealkylation sites (tertiary alicyclic amines) is 1. The molecule has 1 saturated heterocycles. The lowest BCUT2D eigenvalue weighted by Crippen LogP contribution is -2.43. The highest BCUT2D eigenvalue weighted by molar-refractivity contribution is 5.85. The van der Waals surface area contributed by atoms with Crippen LogP contribution < -0.4 is 16.4 Å². The maximum Gasteiger partial charge on any atom is 0.315 e. The lowest BCUT2D eigenvalue weighted by atomic mass is 9.90. The molecule has 4 N–H and O–H groups in total. The molecule has 1 aromatic carbocycles. The van der Waals surface area contributed by atoms with Crippen LogP contribution in [0.3, 0.4) is 0 Å². The van der Waals surface area contributed by atoms with Gasteiger partial charge in [-0.15, -0.1) is 12.4 Å². The van der Waals surface area contributed by atoms with E-state index in [9.17, 15) is 19.7 Å². The van der Waals surface area contributed by atoms with E-state index >= 15 is 0 Å². The summed E-state index contributed by atoms with van der Waals surface area (Å²) in [7, 11) is 0. The molecule has 26 heavy (non-hydrogen) atoms. The fraction of sp³-hybridized carbons (Fsp3) is 0.500. The molecule has 0 saturated carbocycles. The summed E-state index contributed by atoms with van der Waals surface area (Å²) in [5.74, 6) is -0.136. The number of nitrogens with two attached hydrogens (primary N) is 1. The summed E-state index contributed by atoms with van der Waals surface area (Å²) in [6.07, 6.45) is 0.863. The number of hydrogen-bond acceptors (Lipinski definition) is 5. The monoisotopic (exact) mass is 385 g/mol. The number of nitro groups is 1. The average Bonchev–Trinajstić information content (AvgIpc) is 3.01. The van der Waals surface area contributed by atoms with Gasteiger partial charge in [0.15, 0.2) is 0 Å². The molecule has 0 radical (unpaired) electrons. The van der Waals surface area contributed by atoms with E-state index in [0.29, 0.717) is 19.6 Å². The third-order valence-corrected chi connectivity index (χ3v) is 4.40. The summed E-state index contributed by atoms with van der Waals surface area (Å²) in [6.45, 7) is 3.97. The minimum Gasteiger partial charge on any atom is -0.341 e. The quantitative estimate of drug-likeness (QED) is 0.497. The van der Waals surface area contributed by atoms with Gasteiger partial charge in [0, 0.05) is 31.8 Å². The second-order valence-electron chi connectivity index (χ2n) is 6.54. The molecule has 1 unspecified atom stereocenters. The van der Waals surface area contributed by atoms with Crippen molar-refractivity contribution in [2.75, 3.05) is 26.2 Å². The first-order chi connectivity index (χ1) is 11.8. The summed E-state index contributed by atoms with van der Waals surface area (Å²) in [4.78, 5) is 35.7. The van der Waals surface area contributed by atoms with Gasteiger partial charge in [0.05, 0.1) is 11.5 Å². The Labute approximate surface area is 157 Å². The number of urea groups is 1. The van der Waals surface area contributed by atoms with Crippen molar-refractivity contribution in [1.82, 2.24) is 15.5 Å². The van der Waals surface area contributed by atoms with Crippen LogP contribution in [0.15, 0.2) is 24.3 Å². The van der Waals surface area contributed by atoms with Gasteiger partial charge in [-0.25, -0.2) is 4.79 Å². The first kappa shape index (κ1) is 21.7. The third-order valence-electron chi connectivity index (χ3n) is 4.40. The molecule has 144 valence electrons. The lowest BCUT2D eigenvalue weighted by Gasteiger charge is -2.22.